The highest BCUT2D eigenvalue weighted by atomic mass is 16.8. The molecule has 5 aliphatic carbocycles. The largest absolute Gasteiger partial charge is 0.396 e. The quantitative estimate of drug-likeness (QED) is 0.103. The van der Waals surface area contributed by atoms with E-state index in [1.165, 1.54) is 6.92 Å². The molecule has 0 bridgehead atoms. The van der Waals surface area contributed by atoms with E-state index in [4.69, 9.17) is 28.4 Å². The normalized spacial score (nSPS) is 57.5. The molecule has 0 aromatic rings. The van der Waals surface area contributed by atoms with Crippen LogP contribution in [0.25, 0.3) is 0 Å². The molecule has 11 N–H and O–H groups in total. The van der Waals surface area contributed by atoms with Gasteiger partial charge in [0.25, 0.3) is 0 Å². The fourth-order valence-electron chi connectivity index (χ4n) is 15.5. The van der Waals surface area contributed by atoms with Crippen molar-refractivity contribution < 1.29 is 84.6 Å². The molecule has 368 valence electrons. The van der Waals surface area contributed by atoms with E-state index < -0.39 is 122 Å². The summed E-state index contributed by atoms with van der Waals surface area (Å²) in [5.41, 5.74) is -0.334. The van der Waals surface area contributed by atoms with Crippen LogP contribution in [0.3, 0.4) is 0 Å². The first-order valence-corrected chi connectivity index (χ1v) is 23.9. The molecule has 8 fully saturated rings. The van der Waals surface area contributed by atoms with Gasteiger partial charge in [0.05, 0.1) is 37.6 Å². The van der Waals surface area contributed by atoms with Gasteiger partial charge >= 0.3 is 0 Å². The number of ether oxygens (including phenoxy) is 6. The van der Waals surface area contributed by atoms with E-state index in [0.29, 0.717) is 25.2 Å². The fraction of sp³-hybridized carbons (Fsp3) is 0.957. The van der Waals surface area contributed by atoms with Gasteiger partial charge < -0.3 is 84.6 Å². The zero-order valence-electron chi connectivity index (χ0n) is 38.4. The van der Waals surface area contributed by atoms with Crippen LogP contribution in [-0.4, -0.2) is 180 Å². The lowest BCUT2D eigenvalue weighted by Gasteiger charge is -2.73. The highest BCUT2D eigenvalue weighted by Gasteiger charge is 2.72. The Morgan fingerprint density at radius 2 is 1.28 bits per heavy atom. The van der Waals surface area contributed by atoms with E-state index >= 15 is 0 Å². The molecule has 3 aliphatic heterocycles. The van der Waals surface area contributed by atoms with Gasteiger partial charge in [-0.3, -0.25) is 0 Å². The van der Waals surface area contributed by atoms with Gasteiger partial charge in [0.2, 0.25) is 0 Å². The van der Waals surface area contributed by atoms with E-state index in [9.17, 15) is 56.2 Å². The van der Waals surface area contributed by atoms with Crippen LogP contribution < -0.4 is 0 Å². The maximum Gasteiger partial charge on any atom is 0.187 e. The van der Waals surface area contributed by atoms with Crippen LogP contribution in [0, 0.1) is 51.2 Å². The van der Waals surface area contributed by atoms with Crippen LogP contribution in [0.5, 0.6) is 0 Å². The van der Waals surface area contributed by atoms with Crippen LogP contribution in [0.4, 0.5) is 0 Å². The second-order valence-corrected chi connectivity index (χ2v) is 22.4. The number of hydrogen-bond donors (Lipinski definition) is 11. The third-order valence-corrected chi connectivity index (χ3v) is 19.5. The van der Waals surface area contributed by atoms with Crippen LogP contribution in [-0.2, 0) is 28.4 Å². The van der Waals surface area contributed by atoms with Gasteiger partial charge in [0, 0.05) is 5.41 Å². The third-order valence-electron chi connectivity index (χ3n) is 19.5. The molecule has 8 rings (SSSR count). The molecule has 3 heterocycles. The van der Waals surface area contributed by atoms with Crippen molar-refractivity contribution in [2.75, 3.05) is 19.8 Å². The Hall–Kier alpha value is -0.940. The predicted molar refractivity (Wildman–Crippen MR) is 225 cm³/mol. The van der Waals surface area contributed by atoms with E-state index in [0.717, 1.165) is 50.5 Å². The molecular formula is C47H78O17. The number of hydrogen-bond acceptors (Lipinski definition) is 17. The first-order valence-electron chi connectivity index (χ1n) is 23.9. The summed E-state index contributed by atoms with van der Waals surface area (Å²) in [4.78, 5) is 0. The minimum absolute atomic E-state index is 0.0200. The van der Waals surface area contributed by atoms with E-state index in [1.54, 1.807) is 0 Å². The van der Waals surface area contributed by atoms with Gasteiger partial charge in [0.1, 0.15) is 67.1 Å². The van der Waals surface area contributed by atoms with Crippen LogP contribution in [0.1, 0.15) is 106 Å². The highest BCUT2D eigenvalue weighted by molar-refractivity contribution is 5.23. The second kappa shape index (κ2) is 17.8. The smallest absolute Gasteiger partial charge is 0.187 e. The molecule has 0 aromatic heterocycles. The molecule has 8 aliphatic rings. The van der Waals surface area contributed by atoms with Crippen molar-refractivity contribution in [1.29, 1.82) is 0 Å². The van der Waals surface area contributed by atoms with Crippen molar-refractivity contribution in [3.8, 4) is 0 Å². The number of rotatable bonds is 10. The van der Waals surface area contributed by atoms with Crippen molar-refractivity contribution >= 4 is 0 Å². The van der Waals surface area contributed by atoms with Crippen LogP contribution in [0.2, 0.25) is 0 Å². The number of fused-ring (bicyclic) bond motifs is 7. The van der Waals surface area contributed by atoms with Gasteiger partial charge in [-0.05, 0) is 124 Å². The monoisotopic (exact) mass is 915 g/mol. The standard InChI is InChI=1S/C47H78O17/c1-21(2)23-10-15-47(17-16-45(6)24(30(23)47)8-9-28-43(4)13-12-29(50)44(5,20-49)27(43)11-14-46(28,45)7)64-42-37(57)34(54)32(52)26(62-42)19-59-40-38(58)35(55)39(25(18-48)61-40)63-41-36(56)33(53)31(51)22(3)60-41/h22-42,48-58H,1,8-20H2,2-7H3. The van der Waals surface area contributed by atoms with E-state index in [-0.39, 0.29) is 46.5 Å². The Bertz CT molecular complexity index is 1670. The van der Waals surface area contributed by atoms with Crippen molar-refractivity contribution in [1.82, 2.24) is 0 Å². The first-order chi connectivity index (χ1) is 30.0. The molecule has 26 atom stereocenters. The summed E-state index contributed by atoms with van der Waals surface area (Å²) in [7, 11) is 0. The molecular weight excluding hydrogens is 836 g/mol. The Balaban J connectivity index is 0.977. The van der Waals surface area contributed by atoms with Crippen LogP contribution in [0.15, 0.2) is 12.2 Å². The lowest BCUT2D eigenvalue weighted by molar-refractivity contribution is -0.368. The summed E-state index contributed by atoms with van der Waals surface area (Å²) in [5, 5.41) is 119. The van der Waals surface area contributed by atoms with Gasteiger partial charge in [-0.1, -0.05) is 39.8 Å². The summed E-state index contributed by atoms with van der Waals surface area (Å²) < 4.78 is 36.2. The minimum atomic E-state index is -1.79. The Morgan fingerprint density at radius 1 is 0.625 bits per heavy atom. The molecule has 0 aromatic carbocycles. The maximum absolute atomic E-state index is 11.5. The summed E-state index contributed by atoms with van der Waals surface area (Å²) in [5.74, 6) is 1.04. The van der Waals surface area contributed by atoms with Gasteiger partial charge in [0.15, 0.2) is 18.9 Å². The molecule has 26 unspecified atom stereocenters. The van der Waals surface area contributed by atoms with Gasteiger partial charge in [-0.2, -0.15) is 0 Å². The topological polar surface area (TPSA) is 278 Å². The summed E-state index contributed by atoms with van der Waals surface area (Å²) in [6.07, 6.45) is -14.7. The lowest BCUT2D eigenvalue weighted by atomic mass is 9.32. The van der Waals surface area contributed by atoms with Gasteiger partial charge in [-0.25, -0.2) is 0 Å². The van der Waals surface area contributed by atoms with Crippen molar-refractivity contribution in [3.05, 3.63) is 12.2 Å². The second-order valence-electron chi connectivity index (χ2n) is 22.4. The Kier molecular flexibility index (Phi) is 13.8. The zero-order chi connectivity index (χ0) is 46.6. The first kappa shape index (κ1) is 49.5. The minimum Gasteiger partial charge on any atom is -0.396 e. The lowest BCUT2D eigenvalue weighted by Crippen LogP contribution is -2.69. The van der Waals surface area contributed by atoms with Crippen LogP contribution >= 0.6 is 0 Å². The van der Waals surface area contributed by atoms with E-state index in [1.807, 2.05) is 0 Å². The molecule has 3 saturated heterocycles. The predicted octanol–water partition coefficient (Wildman–Crippen LogP) is 0.222. The average Bonchev–Trinajstić information content (AvgIpc) is 3.65. The number of aliphatic hydroxyl groups is 11. The zero-order valence-corrected chi connectivity index (χ0v) is 38.4. The molecule has 0 spiro atoms. The molecule has 0 amide bonds. The Morgan fingerprint density at radius 3 is 1.95 bits per heavy atom. The molecule has 17 nitrogen and oxygen atoms in total. The summed E-state index contributed by atoms with van der Waals surface area (Å²) in [6, 6.07) is 0. The molecule has 17 heteroatoms. The highest BCUT2D eigenvalue weighted by Crippen LogP contribution is 2.77. The Labute approximate surface area is 376 Å². The van der Waals surface area contributed by atoms with Crippen molar-refractivity contribution in [2.24, 2.45) is 51.2 Å². The third kappa shape index (κ3) is 7.53. The average molecular weight is 915 g/mol. The number of allylic oxidation sites excluding steroid dienone is 1. The number of aliphatic hydroxyl groups excluding tert-OH is 11. The van der Waals surface area contributed by atoms with Crippen molar-refractivity contribution in [2.45, 2.75) is 210 Å². The maximum atomic E-state index is 11.5. The van der Waals surface area contributed by atoms with Gasteiger partial charge in [-0.15, -0.1) is 0 Å². The van der Waals surface area contributed by atoms with Crippen molar-refractivity contribution in [3.63, 3.8) is 0 Å². The molecule has 64 heavy (non-hydrogen) atoms. The molecule has 0 radical (unpaired) electrons. The fourth-order valence-corrected chi connectivity index (χ4v) is 15.5. The molecule has 5 saturated carbocycles. The summed E-state index contributed by atoms with van der Waals surface area (Å²) in [6.45, 7) is 16.2. The SMILES string of the molecule is C=C(C)C1CCC2(OC3OC(COC4OC(CO)C(OC5OC(C)C(O)C(O)C5O)C(O)C4O)C(O)C(O)C3O)CCC3(C)C(CCC4C5(C)CCC(O)C(C)(CO)C5CCC43C)C12. The summed E-state index contributed by atoms with van der Waals surface area (Å²) >= 11 is 0. The van der Waals surface area contributed by atoms with E-state index in [2.05, 4.69) is 41.2 Å².